The first-order chi connectivity index (χ1) is 10.7. The summed E-state index contributed by atoms with van der Waals surface area (Å²) >= 11 is 0. The number of rotatable bonds is 8. The molecule has 0 N–H and O–H groups in total. The maximum absolute atomic E-state index is 11.4. The summed E-state index contributed by atoms with van der Waals surface area (Å²) in [5.41, 5.74) is -0.0817. The molecule has 23 heavy (non-hydrogen) atoms. The van der Waals surface area contributed by atoms with Crippen LogP contribution in [0.15, 0.2) is 0 Å². The second kappa shape index (κ2) is 5.90. The smallest absolute Gasteiger partial charge is 0.409 e. The van der Waals surface area contributed by atoms with E-state index < -0.39 is 0 Å². The highest BCUT2D eigenvalue weighted by atomic mass is 16.6. The van der Waals surface area contributed by atoms with E-state index in [1.54, 1.807) is 14.1 Å². The maximum atomic E-state index is 11.4. The number of ether oxygens (including phenoxy) is 4. The molecule has 3 heterocycles. The van der Waals surface area contributed by atoms with Crippen LogP contribution in [-0.4, -0.2) is 67.3 Å². The van der Waals surface area contributed by atoms with Gasteiger partial charge < -0.3 is 23.8 Å². The number of hydrogen-bond acceptors (Lipinski definition) is 5. The molecule has 3 saturated heterocycles. The molecule has 132 valence electrons. The van der Waals surface area contributed by atoms with Crippen LogP contribution in [0.25, 0.3) is 0 Å². The van der Waals surface area contributed by atoms with Gasteiger partial charge in [0, 0.05) is 14.1 Å². The lowest BCUT2D eigenvalue weighted by Crippen LogP contribution is -2.25. The van der Waals surface area contributed by atoms with Gasteiger partial charge in [-0.25, -0.2) is 4.79 Å². The Hall–Kier alpha value is -0.850. The molecule has 0 saturated carbocycles. The zero-order chi connectivity index (χ0) is 16.8. The minimum Gasteiger partial charge on any atom is -0.447 e. The Labute approximate surface area is 138 Å². The van der Waals surface area contributed by atoms with E-state index in [9.17, 15) is 4.79 Å². The fraction of sp³-hybridized carbons (Fsp3) is 0.941. The molecule has 0 aliphatic carbocycles. The lowest BCUT2D eigenvalue weighted by molar-refractivity contribution is 0.110. The molecule has 0 bridgehead atoms. The summed E-state index contributed by atoms with van der Waals surface area (Å²) in [6, 6.07) is 0. The van der Waals surface area contributed by atoms with Crippen LogP contribution in [-0.2, 0) is 18.9 Å². The van der Waals surface area contributed by atoms with Crippen molar-refractivity contribution in [3.8, 4) is 0 Å². The highest BCUT2D eigenvalue weighted by molar-refractivity contribution is 5.66. The standard InChI is InChI=1S/C17H29NO5/c1-16(2)13(22-16)7-6-11-12(21-11)8-9-17(3)14(23-17)10-20-15(19)18(4)5/h11-14H,6-10H2,1-5H3/t11-,12-,13-,14-,17-/m1/s1. The second-order valence-electron chi connectivity index (χ2n) is 7.93. The summed E-state index contributed by atoms with van der Waals surface area (Å²) in [6.07, 6.45) is 4.99. The molecule has 3 fully saturated rings. The van der Waals surface area contributed by atoms with Gasteiger partial charge in [0.25, 0.3) is 0 Å². The van der Waals surface area contributed by atoms with E-state index in [4.69, 9.17) is 18.9 Å². The third-order valence-corrected chi connectivity index (χ3v) is 5.25. The van der Waals surface area contributed by atoms with Gasteiger partial charge in [0.2, 0.25) is 0 Å². The molecule has 3 rings (SSSR count). The van der Waals surface area contributed by atoms with E-state index in [0.717, 1.165) is 25.7 Å². The van der Waals surface area contributed by atoms with E-state index >= 15 is 0 Å². The molecule has 3 aliphatic rings. The largest absolute Gasteiger partial charge is 0.447 e. The monoisotopic (exact) mass is 327 g/mol. The number of carbonyl (C=O) groups is 1. The van der Waals surface area contributed by atoms with Crippen LogP contribution in [0.3, 0.4) is 0 Å². The molecule has 6 heteroatoms. The molecule has 0 aromatic rings. The molecule has 0 aromatic carbocycles. The van der Waals surface area contributed by atoms with Crippen molar-refractivity contribution < 1.29 is 23.7 Å². The Morgan fingerprint density at radius 2 is 1.70 bits per heavy atom. The van der Waals surface area contributed by atoms with Gasteiger partial charge in [-0.3, -0.25) is 0 Å². The highest BCUT2D eigenvalue weighted by Crippen LogP contribution is 2.44. The Kier molecular flexibility index (Phi) is 4.36. The van der Waals surface area contributed by atoms with Crippen molar-refractivity contribution in [2.75, 3.05) is 20.7 Å². The van der Waals surface area contributed by atoms with Gasteiger partial charge in [-0.1, -0.05) is 0 Å². The number of epoxide rings is 3. The predicted molar refractivity (Wildman–Crippen MR) is 84.4 cm³/mol. The summed E-state index contributed by atoms with van der Waals surface area (Å²) in [7, 11) is 3.35. The minimum absolute atomic E-state index is 0.0178. The first-order valence-electron chi connectivity index (χ1n) is 8.56. The molecule has 3 aliphatic heterocycles. The average molecular weight is 327 g/mol. The zero-order valence-corrected chi connectivity index (χ0v) is 14.8. The Morgan fingerprint density at radius 3 is 2.30 bits per heavy atom. The van der Waals surface area contributed by atoms with Crippen molar-refractivity contribution >= 4 is 6.09 Å². The molecule has 1 amide bonds. The lowest BCUT2D eigenvalue weighted by atomic mass is 9.98. The molecular weight excluding hydrogens is 298 g/mol. The van der Waals surface area contributed by atoms with Gasteiger partial charge in [0.05, 0.1) is 29.5 Å². The van der Waals surface area contributed by atoms with Crippen molar-refractivity contribution in [1.82, 2.24) is 4.90 Å². The fourth-order valence-corrected chi connectivity index (χ4v) is 3.17. The van der Waals surface area contributed by atoms with E-state index in [0.29, 0.717) is 24.9 Å². The van der Waals surface area contributed by atoms with Crippen molar-refractivity contribution in [2.45, 2.75) is 82.1 Å². The Morgan fingerprint density at radius 1 is 1.04 bits per heavy atom. The minimum atomic E-state index is -0.321. The van der Waals surface area contributed by atoms with E-state index in [2.05, 4.69) is 20.8 Å². The highest BCUT2D eigenvalue weighted by Gasteiger charge is 2.54. The third-order valence-electron chi connectivity index (χ3n) is 5.25. The van der Waals surface area contributed by atoms with Gasteiger partial charge in [0.1, 0.15) is 12.7 Å². The number of amides is 1. The molecule has 5 atom stereocenters. The topological polar surface area (TPSA) is 67.1 Å². The van der Waals surface area contributed by atoms with Crippen LogP contribution in [0.2, 0.25) is 0 Å². The first-order valence-corrected chi connectivity index (χ1v) is 8.56. The Bertz CT molecular complexity index is 466. The van der Waals surface area contributed by atoms with E-state index in [1.807, 2.05) is 0 Å². The van der Waals surface area contributed by atoms with E-state index in [1.165, 1.54) is 4.90 Å². The number of hydrogen-bond donors (Lipinski definition) is 0. The first kappa shape index (κ1) is 17.0. The average Bonchev–Trinajstić information content (AvgIpc) is 3.38. The normalized spacial score (nSPS) is 39.7. The van der Waals surface area contributed by atoms with Crippen molar-refractivity contribution in [3.05, 3.63) is 0 Å². The SMILES string of the molecule is CN(C)C(=O)OC[C@H]1O[C@]1(C)CC[C@H]1O[C@@H]1CC[C@H]1OC1(C)C. The van der Waals surface area contributed by atoms with Crippen molar-refractivity contribution in [1.29, 1.82) is 0 Å². The van der Waals surface area contributed by atoms with Gasteiger partial charge in [-0.05, 0) is 46.5 Å². The third kappa shape index (κ3) is 4.17. The number of nitrogens with zero attached hydrogens (tertiary/aromatic N) is 1. The van der Waals surface area contributed by atoms with Crippen LogP contribution in [0.1, 0.15) is 46.5 Å². The quantitative estimate of drug-likeness (QED) is 0.640. The van der Waals surface area contributed by atoms with Crippen molar-refractivity contribution in [3.63, 3.8) is 0 Å². The summed E-state index contributed by atoms with van der Waals surface area (Å²) < 4.78 is 22.2. The summed E-state index contributed by atoms with van der Waals surface area (Å²) in [4.78, 5) is 12.8. The van der Waals surface area contributed by atoms with Crippen molar-refractivity contribution in [2.24, 2.45) is 0 Å². The molecule has 0 unspecified atom stereocenters. The predicted octanol–water partition coefficient (Wildman–Crippen LogP) is 2.35. The molecule has 0 radical (unpaired) electrons. The maximum Gasteiger partial charge on any atom is 0.409 e. The molecular formula is C17H29NO5. The van der Waals surface area contributed by atoms with Gasteiger partial charge in [-0.2, -0.15) is 0 Å². The van der Waals surface area contributed by atoms with E-state index in [-0.39, 0.29) is 23.4 Å². The van der Waals surface area contributed by atoms with Crippen LogP contribution in [0, 0.1) is 0 Å². The fourth-order valence-electron chi connectivity index (χ4n) is 3.17. The van der Waals surface area contributed by atoms with Crippen LogP contribution in [0.4, 0.5) is 4.79 Å². The second-order valence-corrected chi connectivity index (χ2v) is 7.93. The molecule has 0 aromatic heterocycles. The van der Waals surface area contributed by atoms with Crippen LogP contribution < -0.4 is 0 Å². The van der Waals surface area contributed by atoms with Gasteiger partial charge in [0.15, 0.2) is 0 Å². The molecule has 6 nitrogen and oxygen atoms in total. The lowest BCUT2D eigenvalue weighted by Gasteiger charge is -2.10. The Balaban J connectivity index is 1.26. The zero-order valence-electron chi connectivity index (χ0n) is 14.8. The summed E-state index contributed by atoms with van der Waals surface area (Å²) in [5, 5.41) is 0. The van der Waals surface area contributed by atoms with Crippen LogP contribution >= 0.6 is 0 Å². The van der Waals surface area contributed by atoms with Crippen LogP contribution in [0.5, 0.6) is 0 Å². The molecule has 0 spiro atoms. The van der Waals surface area contributed by atoms with Gasteiger partial charge in [-0.15, -0.1) is 0 Å². The summed E-state index contributed by atoms with van der Waals surface area (Å²) in [6.45, 7) is 6.69. The summed E-state index contributed by atoms with van der Waals surface area (Å²) in [5.74, 6) is 0. The van der Waals surface area contributed by atoms with Gasteiger partial charge >= 0.3 is 6.09 Å². The number of carbonyl (C=O) groups excluding carboxylic acids is 1.